The highest BCUT2D eigenvalue weighted by Crippen LogP contribution is 2.25. The zero-order valence-corrected chi connectivity index (χ0v) is 15.6. The molecule has 1 aromatic carbocycles. The van der Waals surface area contributed by atoms with E-state index >= 15 is 0 Å². The minimum Gasteiger partial charge on any atom is -0.452 e. The summed E-state index contributed by atoms with van der Waals surface area (Å²) in [5, 5.41) is 2.73. The van der Waals surface area contributed by atoms with Crippen molar-refractivity contribution in [1.29, 1.82) is 0 Å². The molecule has 0 aromatic heterocycles. The number of ether oxygens (including phenoxy) is 1. The van der Waals surface area contributed by atoms with Gasteiger partial charge in [-0.05, 0) is 56.9 Å². The molecule has 142 valence electrons. The average Bonchev–Trinajstić information content (AvgIpc) is 3.44. The Balaban J connectivity index is 1.61. The van der Waals surface area contributed by atoms with Gasteiger partial charge in [-0.15, -0.1) is 0 Å². The quantitative estimate of drug-likeness (QED) is 0.758. The summed E-state index contributed by atoms with van der Waals surface area (Å²) >= 11 is 0. The van der Waals surface area contributed by atoms with Crippen LogP contribution in [-0.4, -0.2) is 49.8 Å². The molecule has 1 saturated heterocycles. The van der Waals surface area contributed by atoms with Crippen LogP contribution < -0.4 is 5.32 Å². The molecule has 1 saturated carbocycles. The topological polar surface area (TPSA) is 92.8 Å². The summed E-state index contributed by atoms with van der Waals surface area (Å²) in [5.41, 5.74) is 0.217. The number of sulfonamides is 1. The summed E-state index contributed by atoms with van der Waals surface area (Å²) in [7, 11) is -3.57. The van der Waals surface area contributed by atoms with Crippen LogP contribution in [0.2, 0.25) is 0 Å². The first-order valence-corrected chi connectivity index (χ1v) is 10.4. The molecule has 7 nitrogen and oxygen atoms in total. The molecule has 1 aliphatic heterocycles. The Morgan fingerprint density at radius 2 is 1.85 bits per heavy atom. The lowest BCUT2D eigenvalue weighted by atomic mass is 10.1. The third-order valence-corrected chi connectivity index (χ3v) is 6.74. The lowest BCUT2D eigenvalue weighted by Crippen LogP contribution is -2.41. The van der Waals surface area contributed by atoms with E-state index in [2.05, 4.69) is 5.32 Å². The van der Waals surface area contributed by atoms with Gasteiger partial charge in [0.25, 0.3) is 5.91 Å². The molecule has 0 unspecified atom stereocenters. The number of hydrogen-bond donors (Lipinski definition) is 1. The summed E-state index contributed by atoms with van der Waals surface area (Å²) < 4.78 is 32.0. The van der Waals surface area contributed by atoms with Gasteiger partial charge in [-0.1, -0.05) is 6.42 Å². The van der Waals surface area contributed by atoms with E-state index < -0.39 is 16.0 Å². The predicted octanol–water partition coefficient (Wildman–Crippen LogP) is 1.69. The van der Waals surface area contributed by atoms with Gasteiger partial charge in [0.15, 0.2) is 6.61 Å². The summed E-state index contributed by atoms with van der Waals surface area (Å²) in [6.45, 7) is 2.10. The van der Waals surface area contributed by atoms with Crippen molar-refractivity contribution in [2.45, 2.75) is 56.0 Å². The summed E-state index contributed by atoms with van der Waals surface area (Å²) in [5.74, 6) is -0.967. The smallest absolute Gasteiger partial charge is 0.338 e. The first-order chi connectivity index (χ1) is 12.4. The van der Waals surface area contributed by atoms with Gasteiger partial charge in [0.2, 0.25) is 10.0 Å². The third kappa shape index (κ3) is 4.42. The number of rotatable bonds is 6. The molecule has 2 fully saturated rings. The van der Waals surface area contributed by atoms with Crippen LogP contribution in [-0.2, 0) is 19.6 Å². The van der Waals surface area contributed by atoms with Crippen LogP contribution in [0.25, 0.3) is 0 Å². The number of esters is 1. The van der Waals surface area contributed by atoms with Gasteiger partial charge in [0.1, 0.15) is 0 Å². The van der Waals surface area contributed by atoms with Crippen LogP contribution in [0.4, 0.5) is 0 Å². The summed E-state index contributed by atoms with van der Waals surface area (Å²) in [6, 6.07) is 5.85. The minimum atomic E-state index is -3.57. The van der Waals surface area contributed by atoms with Crippen molar-refractivity contribution in [3.63, 3.8) is 0 Å². The molecule has 1 amide bonds. The number of nitrogens with one attached hydrogen (secondary N) is 1. The first-order valence-electron chi connectivity index (χ1n) is 8.96. The van der Waals surface area contributed by atoms with E-state index in [4.69, 9.17) is 4.74 Å². The van der Waals surface area contributed by atoms with Gasteiger partial charge >= 0.3 is 5.97 Å². The van der Waals surface area contributed by atoms with E-state index in [-0.39, 0.29) is 35.1 Å². The molecule has 3 rings (SSSR count). The molecule has 0 bridgehead atoms. The van der Waals surface area contributed by atoms with Crippen molar-refractivity contribution < 1.29 is 22.7 Å². The van der Waals surface area contributed by atoms with E-state index in [1.165, 1.54) is 28.6 Å². The first kappa shape index (κ1) is 18.8. The third-order valence-electron chi connectivity index (χ3n) is 4.72. The highest BCUT2D eigenvalue weighted by molar-refractivity contribution is 7.89. The molecule has 1 aromatic rings. The van der Waals surface area contributed by atoms with Gasteiger partial charge in [-0.25, -0.2) is 13.2 Å². The highest BCUT2D eigenvalue weighted by atomic mass is 32.2. The maximum atomic E-state index is 12.8. The van der Waals surface area contributed by atoms with Crippen LogP contribution in [0.3, 0.4) is 0 Å². The van der Waals surface area contributed by atoms with Crippen LogP contribution in [0.15, 0.2) is 29.2 Å². The number of piperidine rings is 1. The van der Waals surface area contributed by atoms with Crippen molar-refractivity contribution in [1.82, 2.24) is 9.62 Å². The monoisotopic (exact) mass is 380 g/mol. The van der Waals surface area contributed by atoms with Crippen molar-refractivity contribution in [3.8, 4) is 0 Å². The Hall–Kier alpha value is -1.93. The Morgan fingerprint density at radius 3 is 2.46 bits per heavy atom. The van der Waals surface area contributed by atoms with Gasteiger partial charge in [0, 0.05) is 18.6 Å². The van der Waals surface area contributed by atoms with Crippen molar-refractivity contribution in [2.24, 2.45) is 0 Å². The van der Waals surface area contributed by atoms with Gasteiger partial charge in [-0.3, -0.25) is 4.79 Å². The molecule has 1 heterocycles. The zero-order valence-electron chi connectivity index (χ0n) is 14.8. The Labute approximate surface area is 153 Å². The fourth-order valence-corrected chi connectivity index (χ4v) is 4.74. The average molecular weight is 380 g/mol. The van der Waals surface area contributed by atoms with E-state index in [0.717, 1.165) is 32.1 Å². The standard InChI is InChI=1S/C18H24N2O5S/c1-13-4-2-3-11-20(13)26(23,24)16-9-5-14(6-10-16)18(22)25-12-17(21)19-15-7-8-15/h5-6,9-10,13,15H,2-4,7-8,11-12H2,1H3,(H,19,21)/t13-/m0/s1. The molecular formula is C18H24N2O5S. The van der Waals surface area contributed by atoms with Crippen molar-refractivity contribution in [3.05, 3.63) is 29.8 Å². The highest BCUT2D eigenvalue weighted by Gasteiger charge is 2.31. The predicted molar refractivity (Wildman–Crippen MR) is 95.1 cm³/mol. The van der Waals surface area contributed by atoms with Gasteiger partial charge in [0.05, 0.1) is 10.5 Å². The lowest BCUT2D eigenvalue weighted by molar-refractivity contribution is -0.124. The van der Waals surface area contributed by atoms with Crippen LogP contribution >= 0.6 is 0 Å². The van der Waals surface area contributed by atoms with Crippen molar-refractivity contribution in [2.75, 3.05) is 13.2 Å². The number of carbonyl (C=O) groups is 2. The van der Waals surface area contributed by atoms with E-state index in [1.807, 2.05) is 6.92 Å². The molecule has 0 radical (unpaired) electrons. The minimum absolute atomic E-state index is 0.0247. The molecule has 2 aliphatic rings. The Morgan fingerprint density at radius 1 is 1.15 bits per heavy atom. The number of nitrogens with zero attached hydrogens (tertiary/aromatic N) is 1. The molecule has 1 aliphatic carbocycles. The lowest BCUT2D eigenvalue weighted by Gasteiger charge is -2.32. The SMILES string of the molecule is C[C@H]1CCCCN1S(=O)(=O)c1ccc(C(=O)OCC(=O)NC2CC2)cc1. The Bertz CT molecular complexity index is 771. The second-order valence-electron chi connectivity index (χ2n) is 6.90. The van der Waals surface area contributed by atoms with Gasteiger partial charge in [-0.2, -0.15) is 4.31 Å². The summed E-state index contributed by atoms with van der Waals surface area (Å²) in [6.07, 6.45) is 4.67. The van der Waals surface area contributed by atoms with Crippen LogP contribution in [0.5, 0.6) is 0 Å². The van der Waals surface area contributed by atoms with E-state index in [1.54, 1.807) is 0 Å². The van der Waals surface area contributed by atoms with Crippen LogP contribution in [0, 0.1) is 0 Å². The number of hydrogen-bond acceptors (Lipinski definition) is 5. The zero-order chi connectivity index (χ0) is 18.7. The number of amides is 1. The fraction of sp³-hybridized carbons (Fsp3) is 0.556. The molecule has 1 N–H and O–H groups in total. The van der Waals surface area contributed by atoms with Gasteiger partial charge < -0.3 is 10.1 Å². The maximum absolute atomic E-state index is 12.8. The second kappa shape index (κ2) is 7.75. The largest absolute Gasteiger partial charge is 0.452 e. The normalized spacial score (nSPS) is 21.2. The Kier molecular flexibility index (Phi) is 5.62. The second-order valence-corrected chi connectivity index (χ2v) is 8.79. The van der Waals surface area contributed by atoms with E-state index in [9.17, 15) is 18.0 Å². The molecule has 1 atom stereocenters. The molecular weight excluding hydrogens is 356 g/mol. The molecule has 8 heteroatoms. The fourth-order valence-electron chi connectivity index (χ4n) is 3.04. The molecule has 0 spiro atoms. The molecule has 26 heavy (non-hydrogen) atoms. The maximum Gasteiger partial charge on any atom is 0.338 e. The van der Waals surface area contributed by atoms with Crippen LogP contribution in [0.1, 0.15) is 49.4 Å². The number of carbonyl (C=O) groups excluding carboxylic acids is 2. The van der Waals surface area contributed by atoms with E-state index in [0.29, 0.717) is 6.54 Å². The van der Waals surface area contributed by atoms with Crippen molar-refractivity contribution >= 4 is 21.9 Å². The number of benzene rings is 1. The summed E-state index contributed by atoms with van der Waals surface area (Å²) in [4.78, 5) is 23.7.